The minimum Gasteiger partial charge on any atom is -0.534 e. The zero-order valence-electron chi connectivity index (χ0n) is 14.7. The largest absolute Gasteiger partial charge is 0.563 e. The van der Waals surface area contributed by atoms with E-state index in [1.165, 1.54) is 0 Å². The van der Waals surface area contributed by atoms with Gasteiger partial charge in [0.25, 0.3) is 5.91 Å². The summed E-state index contributed by atoms with van der Waals surface area (Å²) in [4.78, 5) is 16.9. The Kier molecular flexibility index (Phi) is 4.70. The number of piperazine rings is 1. The number of benzene rings is 1. The SMILES string of the molecule is C=C1OB(c2ccc(C(=O)N3CCN(CC)CC3)cc2)OC1(C)C. The van der Waals surface area contributed by atoms with Gasteiger partial charge in [0, 0.05) is 31.7 Å². The Morgan fingerprint density at radius 1 is 1.21 bits per heavy atom. The Morgan fingerprint density at radius 3 is 2.33 bits per heavy atom. The quantitative estimate of drug-likeness (QED) is 0.789. The van der Waals surface area contributed by atoms with Crippen molar-refractivity contribution in [2.45, 2.75) is 26.4 Å². The molecule has 1 aromatic rings. The van der Waals surface area contributed by atoms with Gasteiger partial charge in [0.1, 0.15) is 5.60 Å². The first kappa shape index (κ1) is 17.1. The van der Waals surface area contributed by atoms with Crippen LogP contribution in [0.3, 0.4) is 0 Å². The van der Waals surface area contributed by atoms with Crippen LogP contribution in [0.25, 0.3) is 0 Å². The van der Waals surface area contributed by atoms with E-state index in [9.17, 15) is 4.79 Å². The average molecular weight is 328 g/mol. The maximum absolute atomic E-state index is 12.6. The maximum atomic E-state index is 12.6. The summed E-state index contributed by atoms with van der Waals surface area (Å²) in [7, 11) is -0.454. The summed E-state index contributed by atoms with van der Waals surface area (Å²) in [5.74, 6) is 0.719. The molecule has 1 amide bonds. The molecule has 128 valence electrons. The fraction of sp³-hybridized carbons (Fsp3) is 0.500. The number of hydrogen-bond acceptors (Lipinski definition) is 4. The molecule has 2 aliphatic heterocycles. The van der Waals surface area contributed by atoms with Crippen molar-refractivity contribution in [3.05, 3.63) is 42.2 Å². The Bertz CT molecular complexity index is 622. The lowest BCUT2D eigenvalue weighted by molar-refractivity contribution is 0.0643. The fourth-order valence-electron chi connectivity index (χ4n) is 3.00. The van der Waals surface area contributed by atoms with E-state index in [0.717, 1.165) is 38.2 Å². The highest BCUT2D eigenvalue weighted by Gasteiger charge is 2.42. The second kappa shape index (κ2) is 6.61. The van der Waals surface area contributed by atoms with Crippen molar-refractivity contribution in [1.29, 1.82) is 0 Å². The predicted molar refractivity (Wildman–Crippen MR) is 95.2 cm³/mol. The van der Waals surface area contributed by atoms with E-state index in [2.05, 4.69) is 18.4 Å². The molecule has 6 heteroatoms. The molecular weight excluding hydrogens is 303 g/mol. The molecule has 0 aliphatic carbocycles. The van der Waals surface area contributed by atoms with Crippen molar-refractivity contribution in [3.63, 3.8) is 0 Å². The lowest BCUT2D eigenvalue weighted by Crippen LogP contribution is -2.48. The number of carbonyl (C=O) groups is 1. The first-order valence-corrected chi connectivity index (χ1v) is 8.56. The summed E-state index contributed by atoms with van der Waals surface area (Å²) in [6.45, 7) is 14.4. The van der Waals surface area contributed by atoms with Gasteiger partial charge < -0.3 is 19.1 Å². The van der Waals surface area contributed by atoms with Crippen LogP contribution in [0, 0.1) is 0 Å². The molecule has 24 heavy (non-hydrogen) atoms. The highest BCUT2D eigenvalue weighted by molar-refractivity contribution is 6.62. The molecule has 2 fully saturated rings. The van der Waals surface area contributed by atoms with E-state index in [0.29, 0.717) is 11.3 Å². The van der Waals surface area contributed by atoms with Crippen LogP contribution in [-0.2, 0) is 9.31 Å². The van der Waals surface area contributed by atoms with Gasteiger partial charge in [-0.15, -0.1) is 0 Å². The van der Waals surface area contributed by atoms with Gasteiger partial charge >= 0.3 is 7.12 Å². The molecule has 5 nitrogen and oxygen atoms in total. The Balaban J connectivity index is 1.65. The van der Waals surface area contributed by atoms with Gasteiger partial charge in [-0.25, -0.2) is 0 Å². The van der Waals surface area contributed by atoms with Crippen LogP contribution in [0.2, 0.25) is 0 Å². The number of carbonyl (C=O) groups excluding carboxylic acids is 1. The standard InChI is InChI=1S/C18H25BN2O3/c1-5-20-10-12-21(13-11-20)17(22)15-6-8-16(9-7-15)19-23-14(2)18(3,4)24-19/h6-9H,2,5,10-13H2,1,3-4H3. The van der Waals surface area contributed by atoms with E-state index in [1.807, 2.05) is 43.0 Å². The molecule has 0 atom stereocenters. The molecule has 2 aliphatic rings. The number of rotatable bonds is 3. The smallest absolute Gasteiger partial charge is 0.534 e. The molecule has 0 unspecified atom stereocenters. The topological polar surface area (TPSA) is 42.0 Å². The van der Waals surface area contributed by atoms with Crippen LogP contribution in [0.1, 0.15) is 31.1 Å². The number of nitrogens with zero attached hydrogens (tertiary/aromatic N) is 2. The summed E-state index contributed by atoms with van der Waals surface area (Å²) in [6.07, 6.45) is 0. The Labute approximate surface area is 144 Å². The molecule has 2 heterocycles. The first-order chi connectivity index (χ1) is 11.4. The van der Waals surface area contributed by atoms with Gasteiger partial charge in [-0.05, 0) is 38.0 Å². The maximum Gasteiger partial charge on any atom is 0.563 e. The highest BCUT2D eigenvalue weighted by Crippen LogP contribution is 2.29. The predicted octanol–water partition coefficient (Wildman–Crippen LogP) is 1.50. The molecule has 2 saturated heterocycles. The van der Waals surface area contributed by atoms with Crippen LogP contribution in [0.4, 0.5) is 0 Å². The van der Waals surface area contributed by atoms with Gasteiger partial charge in [0.2, 0.25) is 0 Å². The third-order valence-electron chi connectivity index (χ3n) is 4.86. The summed E-state index contributed by atoms with van der Waals surface area (Å²) in [6, 6.07) is 7.50. The molecule has 3 rings (SSSR count). The average Bonchev–Trinajstić information content (AvgIpc) is 2.87. The second-order valence-corrected chi connectivity index (χ2v) is 6.85. The summed E-state index contributed by atoms with van der Waals surface area (Å²) < 4.78 is 11.6. The van der Waals surface area contributed by atoms with Gasteiger partial charge in [-0.2, -0.15) is 0 Å². The zero-order chi connectivity index (χ0) is 17.3. The Morgan fingerprint density at radius 2 is 1.83 bits per heavy atom. The first-order valence-electron chi connectivity index (χ1n) is 8.56. The third-order valence-corrected chi connectivity index (χ3v) is 4.86. The molecule has 0 saturated carbocycles. The van der Waals surface area contributed by atoms with Crippen LogP contribution in [0.5, 0.6) is 0 Å². The second-order valence-electron chi connectivity index (χ2n) is 6.85. The minimum atomic E-state index is -0.488. The monoisotopic (exact) mass is 328 g/mol. The molecule has 0 spiro atoms. The molecular formula is C18H25BN2O3. The van der Waals surface area contributed by atoms with E-state index in [-0.39, 0.29) is 5.91 Å². The molecule has 1 aromatic carbocycles. The molecule has 0 aromatic heterocycles. The molecule has 0 N–H and O–H groups in total. The van der Waals surface area contributed by atoms with E-state index in [4.69, 9.17) is 9.31 Å². The van der Waals surface area contributed by atoms with Crippen molar-refractivity contribution in [1.82, 2.24) is 9.80 Å². The van der Waals surface area contributed by atoms with Crippen LogP contribution in [0.15, 0.2) is 36.6 Å². The highest BCUT2D eigenvalue weighted by atomic mass is 16.7. The van der Waals surface area contributed by atoms with Crippen molar-refractivity contribution in [2.75, 3.05) is 32.7 Å². The third kappa shape index (κ3) is 3.35. The minimum absolute atomic E-state index is 0.0929. The molecule has 0 bridgehead atoms. The summed E-state index contributed by atoms with van der Waals surface area (Å²) in [5.41, 5.74) is 1.12. The van der Waals surface area contributed by atoms with E-state index >= 15 is 0 Å². The van der Waals surface area contributed by atoms with Gasteiger partial charge in [0.15, 0.2) is 0 Å². The van der Waals surface area contributed by atoms with E-state index in [1.54, 1.807) is 0 Å². The summed E-state index contributed by atoms with van der Waals surface area (Å²) in [5, 5.41) is 0. The molecule has 0 radical (unpaired) electrons. The zero-order valence-corrected chi connectivity index (χ0v) is 14.7. The lowest BCUT2D eigenvalue weighted by atomic mass is 9.79. The van der Waals surface area contributed by atoms with Crippen molar-refractivity contribution < 1.29 is 14.1 Å². The van der Waals surface area contributed by atoms with Crippen molar-refractivity contribution in [2.24, 2.45) is 0 Å². The number of hydrogen-bond donors (Lipinski definition) is 0. The van der Waals surface area contributed by atoms with Crippen molar-refractivity contribution in [3.8, 4) is 0 Å². The number of likely N-dealkylation sites (N-methyl/N-ethyl adjacent to an activating group) is 1. The summed E-state index contributed by atoms with van der Waals surface area (Å²) >= 11 is 0. The van der Waals surface area contributed by atoms with Crippen LogP contribution in [-0.4, -0.2) is 61.2 Å². The lowest BCUT2D eigenvalue weighted by Gasteiger charge is -2.34. The van der Waals surface area contributed by atoms with E-state index < -0.39 is 12.7 Å². The normalized spacial score (nSPS) is 21.0. The fourth-order valence-corrected chi connectivity index (χ4v) is 3.00. The van der Waals surface area contributed by atoms with Gasteiger partial charge in [-0.3, -0.25) is 4.79 Å². The van der Waals surface area contributed by atoms with Crippen LogP contribution >= 0.6 is 0 Å². The number of amides is 1. The van der Waals surface area contributed by atoms with Gasteiger partial charge in [0.05, 0.1) is 5.76 Å². The van der Waals surface area contributed by atoms with Crippen LogP contribution < -0.4 is 5.46 Å². The van der Waals surface area contributed by atoms with Crippen molar-refractivity contribution >= 4 is 18.5 Å². The Hall–Kier alpha value is -1.79. The van der Waals surface area contributed by atoms with Gasteiger partial charge in [-0.1, -0.05) is 25.6 Å².